The van der Waals surface area contributed by atoms with Crippen LogP contribution in [-0.4, -0.2) is 68.5 Å². The molecule has 1 aliphatic rings. The zero-order chi connectivity index (χ0) is 32.5. The van der Waals surface area contributed by atoms with Crippen LogP contribution >= 0.6 is 0 Å². The minimum Gasteiger partial charge on any atom is -0.480 e. The maximum Gasteiger partial charge on any atom is 0.410 e. The van der Waals surface area contributed by atoms with Gasteiger partial charge in [-0.15, -0.1) is 0 Å². The van der Waals surface area contributed by atoms with Crippen molar-refractivity contribution in [3.63, 3.8) is 0 Å². The molecule has 1 saturated heterocycles. The Kier molecular flexibility index (Phi) is 8.03. The van der Waals surface area contributed by atoms with Gasteiger partial charge in [-0.05, 0) is 48.4 Å². The van der Waals surface area contributed by atoms with Crippen molar-refractivity contribution in [2.45, 2.75) is 26.0 Å². The number of aromatic nitrogens is 4. The summed E-state index contributed by atoms with van der Waals surface area (Å²) in [5.41, 5.74) is 5.36. The third-order valence-electron chi connectivity index (χ3n) is 8.66. The second kappa shape index (κ2) is 12.6. The van der Waals surface area contributed by atoms with Gasteiger partial charge in [0.1, 0.15) is 24.3 Å². The van der Waals surface area contributed by atoms with E-state index in [1.807, 2.05) is 67.6 Å². The number of para-hydroxylation sites is 1. The minimum atomic E-state index is -0.601. The number of benzene rings is 3. The van der Waals surface area contributed by atoms with E-state index in [4.69, 9.17) is 14.5 Å². The number of hydrogen-bond donors (Lipinski definition) is 2. The zero-order valence-corrected chi connectivity index (χ0v) is 26.0. The molecule has 0 radical (unpaired) electrons. The van der Waals surface area contributed by atoms with Crippen molar-refractivity contribution in [1.82, 2.24) is 29.7 Å². The van der Waals surface area contributed by atoms with Crippen molar-refractivity contribution in [3.8, 4) is 17.1 Å². The highest BCUT2D eigenvalue weighted by Crippen LogP contribution is 2.33. The third kappa shape index (κ3) is 5.99. The Balaban J connectivity index is 1.19. The number of halogens is 1. The number of methoxy groups -OCH3 is 1. The van der Waals surface area contributed by atoms with Crippen LogP contribution in [0.15, 0.2) is 85.1 Å². The predicted octanol–water partition coefficient (Wildman–Crippen LogP) is 6.33. The molecular formula is C36H33FN6O4. The van der Waals surface area contributed by atoms with Crippen molar-refractivity contribution >= 4 is 33.8 Å². The molecule has 6 aromatic rings. The molecule has 10 nitrogen and oxygen atoms in total. The summed E-state index contributed by atoms with van der Waals surface area (Å²) < 4.78 is 25.5. The van der Waals surface area contributed by atoms with Crippen LogP contribution < -0.4 is 4.74 Å². The SMILES string of the molecule is COc1nc2ccccc2cc1-c1cnc(C2CN(C(=O)OCc3ccccc3)CCN2C(=O)Cc2c(C)[nH]c3ccc(F)cc23)[nH]1. The fraction of sp³-hybridized carbons (Fsp3) is 0.222. The van der Waals surface area contributed by atoms with Crippen LogP contribution in [-0.2, 0) is 22.6 Å². The number of carbonyl (C=O) groups is 2. The summed E-state index contributed by atoms with van der Waals surface area (Å²) in [5, 5.41) is 1.61. The molecule has 1 aliphatic heterocycles. The lowest BCUT2D eigenvalue weighted by atomic mass is 10.0. The number of aromatic amines is 2. The average Bonchev–Trinajstić information content (AvgIpc) is 3.71. The van der Waals surface area contributed by atoms with Gasteiger partial charge in [-0.1, -0.05) is 48.5 Å². The first-order chi connectivity index (χ1) is 22.9. The minimum absolute atomic E-state index is 0.0558. The number of piperazine rings is 1. The second-order valence-corrected chi connectivity index (χ2v) is 11.6. The number of nitrogens with one attached hydrogen (secondary N) is 2. The third-order valence-corrected chi connectivity index (χ3v) is 8.66. The van der Waals surface area contributed by atoms with E-state index in [2.05, 4.69) is 15.0 Å². The Morgan fingerprint density at radius 2 is 1.81 bits per heavy atom. The molecule has 47 heavy (non-hydrogen) atoms. The van der Waals surface area contributed by atoms with Gasteiger partial charge in [0.2, 0.25) is 11.8 Å². The Labute approximate surface area is 270 Å². The summed E-state index contributed by atoms with van der Waals surface area (Å²) in [4.78, 5) is 46.6. The number of H-pyrrole nitrogens is 2. The van der Waals surface area contributed by atoms with Crippen molar-refractivity contribution < 1.29 is 23.5 Å². The van der Waals surface area contributed by atoms with Gasteiger partial charge in [-0.2, -0.15) is 0 Å². The predicted molar refractivity (Wildman–Crippen MR) is 175 cm³/mol. The quantitative estimate of drug-likeness (QED) is 0.213. The molecule has 4 heterocycles. The molecule has 1 fully saturated rings. The van der Waals surface area contributed by atoms with Gasteiger partial charge in [0.15, 0.2) is 0 Å². The van der Waals surface area contributed by atoms with E-state index in [1.165, 1.54) is 12.1 Å². The van der Waals surface area contributed by atoms with Gasteiger partial charge < -0.3 is 29.2 Å². The van der Waals surface area contributed by atoms with Gasteiger partial charge in [0.05, 0.1) is 43.0 Å². The molecule has 0 spiro atoms. The topological polar surface area (TPSA) is 116 Å². The van der Waals surface area contributed by atoms with E-state index < -0.39 is 12.1 Å². The van der Waals surface area contributed by atoms with Crippen LogP contribution in [0.2, 0.25) is 0 Å². The Morgan fingerprint density at radius 3 is 2.64 bits per heavy atom. The molecule has 11 heteroatoms. The molecule has 0 bridgehead atoms. The molecule has 7 rings (SSSR count). The lowest BCUT2D eigenvalue weighted by Crippen LogP contribution is -2.53. The van der Waals surface area contributed by atoms with Gasteiger partial charge in [-0.25, -0.2) is 19.2 Å². The fourth-order valence-electron chi connectivity index (χ4n) is 6.22. The van der Waals surface area contributed by atoms with Gasteiger partial charge in [0.25, 0.3) is 0 Å². The summed E-state index contributed by atoms with van der Waals surface area (Å²) >= 11 is 0. The standard InChI is InChI=1S/C36H33FN6O4/c1-22-26(27-17-25(37)12-13-30(27)39-22)18-33(44)43-15-14-42(36(45)47-21-23-8-4-3-5-9-23)20-32(43)34-38-19-31(40-34)28-16-24-10-6-7-11-29(24)41-35(28)46-2/h3-13,16-17,19,32,39H,14-15,18,20-21H2,1-2H3,(H,38,40). The maximum atomic E-state index is 14.2. The number of ether oxygens (including phenoxy) is 2. The number of pyridine rings is 1. The molecule has 3 aromatic heterocycles. The number of fused-ring (bicyclic) bond motifs is 2. The number of nitrogens with zero attached hydrogens (tertiary/aromatic N) is 4. The zero-order valence-electron chi connectivity index (χ0n) is 26.0. The molecule has 3 aromatic carbocycles. The number of aryl methyl sites for hydroxylation is 1. The van der Waals surface area contributed by atoms with E-state index in [-0.39, 0.29) is 44.4 Å². The van der Waals surface area contributed by atoms with E-state index >= 15 is 0 Å². The van der Waals surface area contributed by atoms with Crippen LogP contribution in [0, 0.1) is 12.7 Å². The summed E-state index contributed by atoms with van der Waals surface area (Å²) in [5.74, 6) is 0.408. The number of rotatable bonds is 7. The Morgan fingerprint density at radius 1 is 1.00 bits per heavy atom. The number of imidazole rings is 1. The summed E-state index contributed by atoms with van der Waals surface area (Å²) in [6.45, 7) is 2.73. The highest BCUT2D eigenvalue weighted by molar-refractivity contribution is 5.90. The van der Waals surface area contributed by atoms with E-state index in [1.54, 1.807) is 29.2 Å². The van der Waals surface area contributed by atoms with Gasteiger partial charge >= 0.3 is 6.09 Å². The monoisotopic (exact) mass is 632 g/mol. The first kappa shape index (κ1) is 30.0. The molecule has 2 amide bonds. The van der Waals surface area contributed by atoms with E-state index in [0.717, 1.165) is 33.2 Å². The first-order valence-corrected chi connectivity index (χ1v) is 15.4. The van der Waals surface area contributed by atoms with Crippen LogP contribution in [0.25, 0.3) is 33.1 Å². The van der Waals surface area contributed by atoms with E-state index in [0.29, 0.717) is 28.3 Å². The average molecular weight is 633 g/mol. The lowest BCUT2D eigenvalue weighted by Gasteiger charge is -2.40. The fourth-order valence-corrected chi connectivity index (χ4v) is 6.22. The highest BCUT2D eigenvalue weighted by atomic mass is 19.1. The van der Waals surface area contributed by atoms with Crippen LogP contribution in [0.1, 0.15) is 28.7 Å². The first-order valence-electron chi connectivity index (χ1n) is 15.4. The Bertz CT molecular complexity index is 2090. The largest absolute Gasteiger partial charge is 0.480 e. The normalized spacial score (nSPS) is 14.9. The van der Waals surface area contributed by atoms with Crippen molar-refractivity contribution in [2.75, 3.05) is 26.7 Å². The van der Waals surface area contributed by atoms with Gasteiger partial charge in [0, 0.05) is 35.1 Å². The Hall–Kier alpha value is -5.71. The van der Waals surface area contributed by atoms with Crippen molar-refractivity contribution in [1.29, 1.82) is 0 Å². The smallest absolute Gasteiger partial charge is 0.410 e. The number of amides is 2. The van der Waals surface area contributed by atoms with Crippen LogP contribution in [0.4, 0.5) is 9.18 Å². The molecule has 1 unspecified atom stereocenters. The summed E-state index contributed by atoms with van der Waals surface area (Å²) in [6.07, 6.45) is 1.27. The lowest BCUT2D eigenvalue weighted by molar-refractivity contribution is -0.135. The summed E-state index contributed by atoms with van der Waals surface area (Å²) in [6, 6.07) is 23.1. The molecule has 238 valence electrons. The number of hydrogen-bond acceptors (Lipinski definition) is 6. The van der Waals surface area contributed by atoms with Gasteiger partial charge in [-0.3, -0.25) is 4.79 Å². The van der Waals surface area contributed by atoms with Crippen molar-refractivity contribution in [3.05, 3.63) is 114 Å². The summed E-state index contributed by atoms with van der Waals surface area (Å²) in [7, 11) is 1.57. The van der Waals surface area contributed by atoms with E-state index in [9.17, 15) is 14.0 Å². The molecule has 0 aliphatic carbocycles. The number of carbonyl (C=O) groups excluding carboxylic acids is 2. The maximum absolute atomic E-state index is 14.2. The molecular weight excluding hydrogens is 599 g/mol. The van der Waals surface area contributed by atoms with Crippen molar-refractivity contribution in [2.24, 2.45) is 0 Å². The molecule has 2 N–H and O–H groups in total. The second-order valence-electron chi connectivity index (χ2n) is 11.6. The molecule has 0 saturated carbocycles. The van der Waals surface area contributed by atoms with Crippen LogP contribution in [0.5, 0.6) is 5.88 Å². The highest BCUT2D eigenvalue weighted by Gasteiger charge is 2.36. The van der Waals surface area contributed by atoms with Crippen LogP contribution in [0.3, 0.4) is 0 Å². The molecule has 1 atom stereocenters.